The van der Waals surface area contributed by atoms with E-state index in [-0.39, 0.29) is 47.1 Å². The van der Waals surface area contributed by atoms with Gasteiger partial charge in [-0.1, -0.05) is 72.8 Å². The van der Waals surface area contributed by atoms with Crippen molar-refractivity contribution in [3.8, 4) is 5.75 Å². The molecule has 0 aliphatic rings. The van der Waals surface area contributed by atoms with E-state index in [1.54, 1.807) is 19.1 Å². The average Bonchev–Trinajstić information content (AvgIpc) is 3.12. The number of hydrogen-bond acceptors (Lipinski definition) is 7. The highest BCUT2D eigenvalue weighted by Crippen LogP contribution is 2.24. The van der Waals surface area contributed by atoms with Crippen LogP contribution in [-0.2, 0) is 16.4 Å². The van der Waals surface area contributed by atoms with Crippen LogP contribution in [0.1, 0.15) is 70.3 Å². The van der Waals surface area contributed by atoms with Gasteiger partial charge in [0.1, 0.15) is 5.75 Å². The Balaban J connectivity index is 1.61. The number of amides is 2. The van der Waals surface area contributed by atoms with Gasteiger partial charge in [-0.05, 0) is 74.2 Å². The fraction of sp³-hybridized carbons (Fsp3) is 0.316. The number of carbonyl (C=O) groups is 2. The summed E-state index contributed by atoms with van der Waals surface area (Å²) in [6.07, 6.45) is -0.674. The van der Waals surface area contributed by atoms with Crippen molar-refractivity contribution in [2.45, 2.75) is 51.4 Å². The van der Waals surface area contributed by atoms with Gasteiger partial charge in [-0.25, -0.2) is 8.42 Å². The zero-order valence-corrected chi connectivity index (χ0v) is 29.4. The zero-order valence-electron chi connectivity index (χ0n) is 28.6. The first-order chi connectivity index (χ1) is 23.4. The monoisotopic (exact) mass is 686 g/mol. The Morgan fingerprint density at radius 3 is 2.14 bits per heavy atom. The minimum atomic E-state index is -3.72. The molecule has 0 aliphatic heterocycles. The number of benzene rings is 4. The lowest BCUT2D eigenvalue weighted by molar-refractivity contribution is 0.0742. The third-order valence-electron chi connectivity index (χ3n) is 8.59. The molecule has 4 aromatic rings. The van der Waals surface area contributed by atoms with E-state index >= 15 is 0 Å². The summed E-state index contributed by atoms with van der Waals surface area (Å²) >= 11 is 0. The SMILES string of the molecule is CCS(=O)(=O)Nc1cc(C(=O)N[C@@H](Cc2ccccc2)[C@H](O)CN[C@H](C)c2cccc(OC)c2)cc(C(=O)N(C)[C@@H](C)c2ccccc2)c1. The Bertz CT molecular complexity index is 1800. The largest absolute Gasteiger partial charge is 0.497 e. The number of aliphatic hydroxyl groups is 1. The number of anilines is 1. The van der Waals surface area contributed by atoms with Gasteiger partial charge in [0.05, 0.1) is 36.7 Å². The molecule has 4 rings (SSSR count). The van der Waals surface area contributed by atoms with Crippen LogP contribution >= 0.6 is 0 Å². The summed E-state index contributed by atoms with van der Waals surface area (Å²) in [6.45, 7) is 5.53. The van der Waals surface area contributed by atoms with Crippen molar-refractivity contribution in [1.82, 2.24) is 15.5 Å². The second-order valence-electron chi connectivity index (χ2n) is 12.1. The molecule has 4 N–H and O–H groups in total. The number of methoxy groups -OCH3 is 1. The van der Waals surface area contributed by atoms with Gasteiger partial charge in [0, 0.05) is 30.8 Å². The molecule has 0 heterocycles. The van der Waals surface area contributed by atoms with Gasteiger partial charge in [0.15, 0.2) is 0 Å². The normalized spacial score (nSPS) is 13.8. The number of hydrogen-bond donors (Lipinski definition) is 4. The van der Waals surface area contributed by atoms with Crippen molar-refractivity contribution in [3.05, 3.63) is 131 Å². The minimum absolute atomic E-state index is 0.0726. The van der Waals surface area contributed by atoms with Crippen LogP contribution in [0.15, 0.2) is 103 Å². The third-order valence-corrected chi connectivity index (χ3v) is 9.89. The van der Waals surface area contributed by atoms with Crippen LogP contribution in [0.5, 0.6) is 5.75 Å². The van der Waals surface area contributed by atoms with E-state index in [1.807, 2.05) is 98.8 Å². The van der Waals surface area contributed by atoms with Crippen molar-refractivity contribution in [1.29, 1.82) is 0 Å². The molecule has 4 aromatic carbocycles. The second kappa shape index (κ2) is 17.1. The zero-order chi connectivity index (χ0) is 35.6. The van der Waals surface area contributed by atoms with Crippen LogP contribution in [0, 0.1) is 0 Å². The molecular formula is C38H46N4O6S. The molecule has 0 spiro atoms. The molecular weight excluding hydrogens is 641 g/mol. The van der Waals surface area contributed by atoms with Crippen LogP contribution in [0.4, 0.5) is 5.69 Å². The number of aliphatic hydroxyl groups excluding tert-OH is 1. The van der Waals surface area contributed by atoms with Gasteiger partial charge in [0.25, 0.3) is 11.8 Å². The van der Waals surface area contributed by atoms with Crippen molar-refractivity contribution < 1.29 is 27.9 Å². The van der Waals surface area contributed by atoms with Gasteiger partial charge >= 0.3 is 0 Å². The van der Waals surface area contributed by atoms with E-state index in [1.165, 1.54) is 25.1 Å². The maximum Gasteiger partial charge on any atom is 0.254 e. The van der Waals surface area contributed by atoms with Gasteiger partial charge < -0.3 is 25.4 Å². The molecule has 0 fully saturated rings. The van der Waals surface area contributed by atoms with E-state index < -0.39 is 28.1 Å². The number of rotatable bonds is 16. The Morgan fingerprint density at radius 2 is 1.49 bits per heavy atom. The summed E-state index contributed by atoms with van der Waals surface area (Å²) in [7, 11) is -0.453. The van der Waals surface area contributed by atoms with E-state index in [0.29, 0.717) is 6.42 Å². The molecule has 49 heavy (non-hydrogen) atoms. The van der Waals surface area contributed by atoms with Crippen LogP contribution in [0.2, 0.25) is 0 Å². The lowest BCUT2D eigenvalue weighted by atomic mass is 9.99. The molecule has 0 unspecified atom stereocenters. The Labute approximate surface area is 289 Å². The van der Waals surface area contributed by atoms with Crippen LogP contribution in [0.3, 0.4) is 0 Å². The molecule has 0 aliphatic carbocycles. The highest BCUT2D eigenvalue weighted by Gasteiger charge is 2.26. The number of nitrogens with zero attached hydrogens (tertiary/aromatic N) is 1. The first-order valence-corrected chi connectivity index (χ1v) is 17.9. The Morgan fingerprint density at radius 1 is 0.857 bits per heavy atom. The highest BCUT2D eigenvalue weighted by atomic mass is 32.2. The van der Waals surface area contributed by atoms with E-state index in [0.717, 1.165) is 22.4 Å². The van der Waals surface area contributed by atoms with Gasteiger partial charge in [-0.15, -0.1) is 0 Å². The topological polar surface area (TPSA) is 137 Å². The first kappa shape index (κ1) is 37.1. The van der Waals surface area contributed by atoms with E-state index in [4.69, 9.17) is 4.74 Å². The first-order valence-electron chi connectivity index (χ1n) is 16.3. The quantitative estimate of drug-likeness (QED) is 0.125. The van der Waals surface area contributed by atoms with E-state index in [2.05, 4.69) is 15.4 Å². The molecule has 10 nitrogen and oxygen atoms in total. The molecule has 2 amide bonds. The number of ether oxygens (including phenoxy) is 1. The summed E-state index contributed by atoms with van der Waals surface area (Å²) in [5, 5.41) is 17.7. The number of carbonyl (C=O) groups excluding carboxylic acids is 2. The van der Waals surface area contributed by atoms with Crippen molar-refractivity contribution >= 4 is 27.5 Å². The summed E-state index contributed by atoms with van der Waals surface area (Å²) in [4.78, 5) is 29.2. The smallest absolute Gasteiger partial charge is 0.254 e. The lowest BCUT2D eigenvalue weighted by Gasteiger charge is -2.27. The maximum absolute atomic E-state index is 13.9. The van der Waals surface area contributed by atoms with Gasteiger partial charge in [-0.2, -0.15) is 0 Å². The molecule has 11 heteroatoms. The second-order valence-corrected chi connectivity index (χ2v) is 14.1. The van der Waals surface area contributed by atoms with E-state index in [9.17, 15) is 23.1 Å². The predicted molar refractivity (Wildman–Crippen MR) is 193 cm³/mol. The average molecular weight is 687 g/mol. The molecule has 0 radical (unpaired) electrons. The molecule has 260 valence electrons. The molecule has 0 saturated heterocycles. The molecule has 0 bridgehead atoms. The minimum Gasteiger partial charge on any atom is -0.497 e. The highest BCUT2D eigenvalue weighted by molar-refractivity contribution is 7.92. The standard InChI is InChI=1S/C38H46N4O6S/c1-6-49(46,47)41-33-22-31(21-32(23-33)38(45)42(4)27(3)29-16-11-8-12-17-29)37(44)40-35(20-28-14-9-7-10-15-28)36(43)25-39-26(2)30-18-13-19-34(24-30)48-5/h7-19,21-24,26-27,35-36,39,41,43H,6,20,25H2,1-5H3,(H,40,44)/t26-,27+,35+,36-/m1/s1. The van der Waals surface area contributed by atoms with Gasteiger partial charge in [0.2, 0.25) is 10.0 Å². The Hall–Kier alpha value is -4.71. The summed E-state index contributed by atoms with van der Waals surface area (Å²) < 4.78 is 32.9. The summed E-state index contributed by atoms with van der Waals surface area (Å²) in [5.41, 5.74) is 3.11. The van der Waals surface area contributed by atoms with Crippen molar-refractivity contribution in [2.24, 2.45) is 0 Å². The van der Waals surface area contributed by atoms with Crippen molar-refractivity contribution in [3.63, 3.8) is 0 Å². The summed E-state index contributed by atoms with van der Waals surface area (Å²) in [6, 6.07) is 29.8. The van der Waals surface area contributed by atoms with Crippen LogP contribution in [0.25, 0.3) is 0 Å². The fourth-order valence-electron chi connectivity index (χ4n) is 5.40. The molecule has 0 aromatic heterocycles. The van der Waals surface area contributed by atoms with Crippen LogP contribution in [-0.4, -0.2) is 68.8 Å². The Kier molecular flexibility index (Phi) is 13.0. The molecule has 4 atom stereocenters. The third kappa shape index (κ3) is 10.4. The van der Waals surface area contributed by atoms with Gasteiger partial charge in [-0.3, -0.25) is 14.3 Å². The maximum atomic E-state index is 13.9. The summed E-state index contributed by atoms with van der Waals surface area (Å²) in [5.74, 6) is -0.418. The fourth-order valence-corrected chi connectivity index (χ4v) is 6.02. The van der Waals surface area contributed by atoms with Crippen LogP contribution < -0.4 is 20.1 Å². The predicted octanol–water partition coefficient (Wildman–Crippen LogP) is 5.34. The van der Waals surface area contributed by atoms with Crippen molar-refractivity contribution in [2.75, 3.05) is 31.2 Å². The number of nitrogens with one attached hydrogen (secondary N) is 3. The molecule has 0 saturated carbocycles. The lowest BCUT2D eigenvalue weighted by Crippen LogP contribution is -2.49. The number of sulfonamides is 1.